The number of fused-ring (bicyclic) bond motifs is 2. The number of pyridine rings is 1. The maximum absolute atomic E-state index is 10.9. The molecule has 15 nitrogen and oxygen atoms in total. The van der Waals surface area contributed by atoms with Crippen molar-refractivity contribution < 1.29 is 85.2 Å². The van der Waals surface area contributed by atoms with Gasteiger partial charge in [-0.3, -0.25) is 19.7 Å². The number of phenolic OH excluding ortho intramolecular Hbond substituents is 2. The second-order valence-electron chi connectivity index (χ2n) is 8.97. The maximum Gasteiger partial charge on any atom is 1.00 e. The van der Waals surface area contributed by atoms with E-state index in [1.54, 1.807) is 18.2 Å². The summed E-state index contributed by atoms with van der Waals surface area (Å²) in [6.07, 6.45) is 1.43. The zero-order valence-electron chi connectivity index (χ0n) is 24.9. The number of aliphatic hydroxyl groups is 2. The summed E-state index contributed by atoms with van der Waals surface area (Å²) in [7, 11) is -4.41. The number of aliphatic hydroxyl groups excluding tert-OH is 2. The average molecular weight is 713 g/mol. The van der Waals surface area contributed by atoms with Crippen molar-refractivity contribution in [1.29, 1.82) is 0 Å². The number of rotatable bonds is 8. The average Bonchev–Trinajstić information content (AvgIpc) is 3.01. The first-order valence-electron chi connectivity index (χ1n) is 13.1. The molecular formula is C29H29CrN6NaO9S. The summed E-state index contributed by atoms with van der Waals surface area (Å²) in [5.41, 5.74) is 8.55. The van der Waals surface area contributed by atoms with E-state index in [4.69, 9.17) is 20.5 Å². The predicted molar refractivity (Wildman–Crippen MR) is 167 cm³/mol. The number of nitro groups is 1. The molecule has 0 saturated heterocycles. The van der Waals surface area contributed by atoms with Crippen molar-refractivity contribution in [2.75, 3.05) is 26.3 Å². The van der Waals surface area contributed by atoms with Crippen LogP contribution < -0.4 is 34.9 Å². The molecule has 0 aliphatic heterocycles. The van der Waals surface area contributed by atoms with Crippen molar-refractivity contribution in [1.82, 2.24) is 10.3 Å². The van der Waals surface area contributed by atoms with E-state index in [0.717, 1.165) is 22.9 Å². The molecule has 18 heteroatoms. The van der Waals surface area contributed by atoms with Crippen molar-refractivity contribution in [3.05, 3.63) is 101 Å². The van der Waals surface area contributed by atoms with Gasteiger partial charge in [-0.25, -0.2) is 0 Å². The molecule has 5 aromatic rings. The third-order valence-electron chi connectivity index (χ3n) is 5.89. The molecule has 1 aromatic heterocycles. The summed E-state index contributed by atoms with van der Waals surface area (Å²) in [5.74, 6) is -0.870. The minimum atomic E-state index is -4.41. The van der Waals surface area contributed by atoms with Crippen molar-refractivity contribution in [3.63, 3.8) is 0 Å². The summed E-state index contributed by atoms with van der Waals surface area (Å²) in [6, 6.07) is 20.4. The number of nitrogens with one attached hydrogen (secondary N) is 2. The second-order valence-corrected chi connectivity index (χ2v) is 10.4. The van der Waals surface area contributed by atoms with Crippen LogP contribution in [0.2, 0.25) is 0 Å². The van der Waals surface area contributed by atoms with Crippen LogP contribution in [0.5, 0.6) is 11.5 Å². The van der Waals surface area contributed by atoms with E-state index in [2.05, 4.69) is 20.5 Å². The van der Waals surface area contributed by atoms with Crippen LogP contribution in [-0.2, 0) is 27.5 Å². The Kier molecular flexibility index (Phi) is 17.4. The number of azo groups is 1. The summed E-state index contributed by atoms with van der Waals surface area (Å²) < 4.78 is 30.5. The smallest absolute Gasteiger partial charge is 0.697 e. The number of benzene rings is 4. The van der Waals surface area contributed by atoms with Crippen LogP contribution in [0.3, 0.4) is 0 Å². The Balaban J connectivity index is 0.000000398. The molecule has 7 N–H and O–H groups in total. The summed E-state index contributed by atoms with van der Waals surface area (Å²) in [5, 5.41) is 59.4. The largest absolute Gasteiger partial charge is 1.00 e. The van der Waals surface area contributed by atoms with Crippen LogP contribution in [-0.4, -0.2) is 69.6 Å². The quantitative estimate of drug-likeness (QED) is 0.0340. The second kappa shape index (κ2) is 19.8. The minimum absolute atomic E-state index is 0. The standard InChI is InChI=1S/C16H11N4O3.C9H7NO4S.C4H11NO2.Cr.Na/c17-13-7-5-10-3-1-2-4-12(10)16(13)19-18-14-8-6-11(20(22)23)9-15(14)21;11-9-7(15(12,13)14)4-3-6-2-1-5-10-8(6)9;6-3-1-5-2-4-7;;/h1-9H,(H2-,17,18,19,21);1-5,11H,(H,12,13,14);5-7H,1-4H2;;/q-1;;;;+1. The Bertz CT molecular complexity index is 1930. The van der Waals surface area contributed by atoms with Gasteiger partial charge in [0.25, 0.3) is 15.8 Å². The molecule has 0 amide bonds. The van der Waals surface area contributed by atoms with Gasteiger partial charge >= 0.3 is 29.6 Å². The molecule has 47 heavy (non-hydrogen) atoms. The van der Waals surface area contributed by atoms with Gasteiger partial charge in [-0.05, 0) is 23.6 Å². The molecule has 0 unspecified atom stereocenters. The first-order valence-corrected chi connectivity index (χ1v) is 14.5. The number of phenols is 2. The van der Waals surface area contributed by atoms with Gasteiger partial charge in [-0.2, -0.15) is 13.5 Å². The van der Waals surface area contributed by atoms with E-state index in [-0.39, 0.29) is 88.5 Å². The van der Waals surface area contributed by atoms with E-state index >= 15 is 0 Å². The van der Waals surface area contributed by atoms with Crippen LogP contribution in [0, 0.1) is 10.1 Å². The Morgan fingerprint density at radius 2 is 1.53 bits per heavy atom. The maximum atomic E-state index is 10.9. The molecule has 0 radical (unpaired) electrons. The molecule has 0 aliphatic carbocycles. The van der Waals surface area contributed by atoms with E-state index in [1.165, 1.54) is 24.4 Å². The van der Waals surface area contributed by atoms with Crippen LogP contribution in [0.1, 0.15) is 0 Å². The zero-order chi connectivity index (χ0) is 33.0. The van der Waals surface area contributed by atoms with Crippen molar-refractivity contribution in [2.24, 2.45) is 10.2 Å². The molecule has 242 valence electrons. The van der Waals surface area contributed by atoms with Crippen molar-refractivity contribution in [3.8, 4) is 11.5 Å². The van der Waals surface area contributed by atoms with Gasteiger partial charge < -0.3 is 31.5 Å². The number of nitrogens with zero attached hydrogens (tertiary/aromatic N) is 4. The normalized spacial score (nSPS) is 10.6. The van der Waals surface area contributed by atoms with E-state index < -0.39 is 25.7 Å². The fourth-order valence-electron chi connectivity index (χ4n) is 3.78. The first kappa shape index (κ1) is 41.3. The van der Waals surface area contributed by atoms with Gasteiger partial charge in [-0.1, -0.05) is 48.5 Å². The number of aromatic hydroxyl groups is 2. The minimum Gasteiger partial charge on any atom is -0.697 e. The van der Waals surface area contributed by atoms with Crippen LogP contribution in [0.25, 0.3) is 27.4 Å². The molecule has 0 saturated carbocycles. The number of hydrogen-bond donors (Lipinski definition) is 6. The van der Waals surface area contributed by atoms with Gasteiger partial charge in [-0.15, -0.1) is 10.8 Å². The molecule has 4 aromatic carbocycles. The van der Waals surface area contributed by atoms with Crippen LogP contribution in [0.4, 0.5) is 22.7 Å². The van der Waals surface area contributed by atoms with Crippen molar-refractivity contribution in [2.45, 2.75) is 4.90 Å². The monoisotopic (exact) mass is 712 g/mol. The molecule has 0 atom stereocenters. The number of non-ortho nitro benzene ring substituents is 1. The van der Waals surface area contributed by atoms with Crippen LogP contribution >= 0.6 is 0 Å². The van der Waals surface area contributed by atoms with E-state index in [0.29, 0.717) is 24.2 Å². The van der Waals surface area contributed by atoms with Crippen molar-refractivity contribution >= 4 is 54.5 Å². The summed E-state index contributed by atoms with van der Waals surface area (Å²) in [6.45, 7) is 1.42. The number of hydrogen-bond acceptors (Lipinski definition) is 12. The van der Waals surface area contributed by atoms with Gasteiger partial charge in [0, 0.05) is 53.5 Å². The number of aromatic nitrogens is 1. The zero-order valence-corrected chi connectivity index (χ0v) is 29.0. The summed E-state index contributed by atoms with van der Waals surface area (Å²) >= 11 is 0. The Morgan fingerprint density at radius 1 is 0.894 bits per heavy atom. The third kappa shape index (κ3) is 11.8. The van der Waals surface area contributed by atoms with E-state index in [9.17, 15) is 28.7 Å². The molecule has 0 spiro atoms. The fourth-order valence-corrected chi connectivity index (χ4v) is 4.36. The number of nitro benzene ring substituents is 1. The van der Waals surface area contributed by atoms with Gasteiger partial charge in [0.05, 0.1) is 29.9 Å². The Hall–Kier alpha value is -3.73. The van der Waals surface area contributed by atoms with Gasteiger partial charge in [0.15, 0.2) is 5.75 Å². The molecule has 0 fully saturated rings. The Morgan fingerprint density at radius 3 is 2.15 bits per heavy atom. The third-order valence-corrected chi connectivity index (χ3v) is 6.78. The first-order chi connectivity index (χ1) is 21.5. The van der Waals surface area contributed by atoms with Gasteiger partial charge in [0.2, 0.25) is 0 Å². The molecular weight excluding hydrogens is 683 g/mol. The van der Waals surface area contributed by atoms with Gasteiger partial charge in [0.1, 0.15) is 21.8 Å². The fraction of sp³-hybridized carbons (Fsp3) is 0.138. The molecule has 5 rings (SSSR count). The SMILES string of the molecule is O=S(=O)(O)c1ccc2cccnc2c1O.OCCNCCO.[Cr].[NH-]c1ccc2ccccc2c1N=Nc1ccc([N+](=O)[O-])cc1O.[Na+]. The van der Waals surface area contributed by atoms with E-state index in [1.807, 2.05) is 30.3 Å². The van der Waals surface area contributed by atoms with Crippen LogP contribution in [0.15, 0.2) is 100 Å². The summed E-state index contributed by atoms with van der Waals surface area (Å²) in [4.78, 5) is 13.3. The predicted octanol–water partition coefficient (Wildman–Crippen LogP) is 2.30. The Labute approximate surface area is 302 Å². The molecule has 1 heterocycles. The molecule has 0 bridgehead atoms. The molecule has 0 aliphatic rings. The topological polar surface area (TPSA) is 252 Å².